The van der Waals surface area contributed by atoms with Crippen molar-refractivity contribution in [3.63, 3.8) is 0 Å². The molecule has 1 saturated carbocycles. The molecule has 48 heavy (non-hydrogen) atoms. The highest BCUT2D eigenvalue weighted by Gasteiger charge is 2.28. The SMILES string of the molecule is CC1CC(C)C(CCCCOc2cc(-c3nnc(-c4ccc(C(C)(C)C)cc4)o3)ccc2-c2nnc(-c3ccc(C(C)(C)C)cc3)o2)C1. The summed E-state index contributed by atoms with van der Waals surface area (Å²) in [7, 11) is 0. The van der Waals surface area contributed by atoms with Gasteiger partial charge in [0.2, 0.25) is 17.7 Å². The monoisotopic (exact) mass is 646 g/mol. The molecule has 0 radical (unpaired) electrons. The summed E-state index contributed by atoms with van der Waals surface area (Å²) in [6, 6.07) is 22.4. The molecule has 0 saturated heterocycles. The van der Waals surface area contributed by atoms with E-state index in [1.165, 1.54) is 30.4 Å². The van der Waals surface area contributed by atoms with Gasteiger partial charge in [-0.05, 0) is 108 Å². The van der Waals surface area contributed by atoms with Crippen LogP contribution in [0.25, 0.3) is 45.8 Å². The summed E-state index contributed by atoms with van der Waals surface area (Å²) in [5, 5.41) is 17.6. The number of benzene rings is 3. The normalized spacial score (nSPS) is 18.4. The topological polar surface area (TPSA) is 87.1 Å². The highest BCUT2D eigenvalue weighted by atomic mass is 16.5. The van der Waals surface area contributed by atoms with Gasteiger partial charge < -0.3 is 13.6 Å². The first kappa shape index (κ1) is 33.6. The Bertz CT molecular complexity index is 1810. The molecule has 0 aliphatic heterocycles. The molecule has 1 fully saturated rings. The molecule has 7 heteroatoms. The lowest BCUT2D eigenvalue weighted by Gasteiger charge is -2.18. The van der Waals surface area contributed by atoms with Crippen molar-refractivity contribution in [2.24, 2.45) is 17.8 Å². The van der Waals surface area contributed by atoms with Gasteiger partial charge >= 0.3 is 0 Å². The Hall–Kier alpha value is -4.26. The summed E-state index contributed by atoms with van der Waals surface area (Å²) in [5.41, 5.74) is 5.91. The molecular weight excluding hydrogens is 596 g/mol. The van der Waals surface area contributed by atoms with Crippen molar-refractivity contribution in [2.45, 2.75) is 98.3 Å². The van der Waals surface area contributed by atoms with Gasteiger partial charge in [-0.2, -0.15) is 0 Å². The van der Waals surface area contributed by atoms with Gasteiger partial charge in [-0.3, -0.25) is 0 Å². The van der Waals surface area contributed by atoms with Crippen molar-refractivity contribution >= 4 is 0 Å². The van der Waals surface area contributed by atoms with Gasteiger partial charge in [0.05, 0.1) is 12.2 Å². The average Bonchev–Trinajstić information content (AvgIpc) is 3.81. The minimum Gasteiger partial charge on any atom is -0.493 e. The predicted octanol–water partition coefficient (Wildman–Crippen LogP) is 10.9. The lowest BCUT2D eigenvalue weighted by Crippen LogP contribution is -2.10. The van der Waals surface area contributed by atoms with E-state index in [-0.39, 0.29) is 10.8 Å². The van der Waals surface area contributed by atoms with Gasteiger partial charge in [-0.25, -0.2) is 0 Å². The molecule has 3 aromatic carbocycles. The number of ether oxygens (including phenoxy) is 1. The predicted molar refractivity (Wildman–Crippen MR) is 192 cm³/mol. The smallest absolute Gasteiger partial charge is 0.251 e. The van der Waals surface area contributed by atoms with E-state index in [0.29, 0.717) is 35.9 Å². The molecule has 1 aliphatic carbocycles. The molecule has 1 aliphatic rings. The first-order chi connectivity index (χ1) is 22.8. The zero-order valence-electron chi connectivity index (χ0n) is 29.8. The van der Waals surface area contributed by atoms with E-state index in [1.807, 2.05) is 42.5 Å². The van der Waals surface area contributed by atoms with E-state index in [1.54, 1.807) is 0 Å². The molecule has 2 heterocycles. The Morgan fingerprint density at radius 2 is 1.12 bits per heavy atom. The third-order valence-electron chi connectivity index (χ3n) is 9.82. The Morgan fingerprint density at radius 3 is 1.65 bits per heavy atom. The maximum absolute atomic E-state index is 6.45. The van der Waals surface area contributed by atoms with Crippen LogP contribution in [-0.4, -0.2) is 27.0 Å². The fourth-order valence-corrected chi connectivity index (χ4v) is 6.85. The van der Waals surface area contributed by atoms with Crippen molar-refractivity contribution in [1.82, 2.24) is 20.4 Å². The molecule has 2 aromatic heterocycles. The summed E-state index contributed by atoms with van der Waals surface area (Å²) in [6.45, 7) is 18.6. The number of hydrogen-bond acceptors (Lipinski definition) is 7. The fraction of sp³-hybridized carbons (Fsp3) is 0.463. The molecule has 0 bridgehead atoms. The Morgan fingerprint density at radius 1 is 0.625 bits per heavy atom. The molecule has 0 spiro atoms. The Balaban J connectivity index is 1.23. The fourth-order valence-electron chi connectivity index (χ4n) is 6.85. The van der Waals surface area contributed by atoms with E-state index >= 15 is 0 Å². The zero-order valence-corrected chi connectivity index (χ0v) is 29.8. The second-order valence-electron chi connectivity index (χ2n) is 15.8. The summed E-state index contributed by atoms with van der Waals surface area (Å²) < 4.78 is 18.8. The standard InChI is InChI=1S/C41H50N4O3/c1-26-23-27(2)30(24-26)11-9-10-22-46-35-25-31(38-44-42-36(47-38)28-12-17-32(18-13-28)40(3,4)5)16-21-34(35)39-45-43-37(48-39)29-14-19-33(20-15-29)41(6,7)8/h12-21,25-27,30H,9-11,22-24H2,1-8H3. The summed E-state index contributed by atoms with van der Waals surface area (Å²) in [4.78, 5) is 0. The Labute approximate surface area is 285 Å². The van der Waals surface area contributed by atoms with Gasteiger partial charge in [0, 0.05) is 16.7 Å². The Kier molecular flexibility index (Phi) is 9.60. The van der Waals surface area contributed by atoms with Crippen LogP contribution in [0.2, 0.25) is 0 Å². The summed E-state index contributed by atoms with van der Waals surface area (Å²) in [5.74, 6) is 4.92. The largest absolute Gasteiger partial charge is 0.493 e. The number of unbranched alkanes of at least 4 members (excludes halogenated alkanes) is 1. The van der Waals surface area contributed by atoms with Gasteiger partial charge in [0.15, 0.2) is 0 Å². The van der Waals surface area contributed by atoms with Crippen LogP contribution >= 0.6 is 0 Å². The van der Waals surface area contributed by atoms with Crippen molar-refractivity contribution in [3.8, 4) is 51.6 Å². The van der Waals surface area contributed by atoms with Crippen molar-refractivity contribution < 1.29 is 13.6 Å². The van der Waals surface area contributed by atoms with Crippen LogP contribution in [0, 0.1) is 17.8 Å². The second kappa shape index (κ2) is 13.7. The molecular formula is C41H50N4O3. The average molecular weight is 647 g/mol. The number of rotatable bonds is 10. The van der Waals surface area contributed by atoms with Crippen LogP contribution in [0.3, 0.4) is 0 Å². The van der Waals surface area contributed by atoms with Gasteiger partial charge in [-0.15, -0.1) is 20.4 Å². The maximum atomic E-state index is 6.45. The highest BCUT2D eigenvalue weighted by Crippen LogP contribution is 2.39. The minimum atomic E-state index is 0.0658. The molecule has 252 valence electrons. The number of aromatic nitrogens is 4. The molecule has 3 atom stereocenters. The van der Waals surface area contributed by atoms with Crippen LogP contribution < -0.4 is 4.74 Å². The molecule has 3 unspecified atom stereocenters. The van der Waals surface area contributed by atoms with Crippen molar-refractivity contribution in [1.29, 1.82) is 0 Å². The van der Waals surface area contributed by atoms with Gasteiger partial charge in [0.1, 0.15) is 5.75 Å². The summed E-state index contributed by atoms with van der Waals surface area (Å²) >= 11 is 0. The first-order valence-corrected chi connectivity index (χ1v) is 17.5. The van der Waals surface area contributed by atoms with Gasteiger partial charge in [0.25, 0.3) is 5.89 Å². The molecule has 0 N–H and O–H groups in total. The molecule has 5 aromatic rings. The van der Waals surface area contributed by atoms with Crippen molar-refractivity contribution in [2.75, 3.05) is 6.61 Å². The van der Waals surface area contributed by atoms with Gasteiger partial charge in [-0.1, -0.05) is 86.1 Å². The van der Waals surface area contributed by atoms with Crippen LogP contribution in [-0.2, 0) is 10.8 Å². The third-order valence-corrected chi connectivity index (χ3v) is 9.82. The zero-order chi connectivity index (χ0) is 34.1. The van der Waals surface area contributed by atoms with Crippen molar-refractivity contribution in [3.05, 3.63) is 77.9 Å². The molecule has 0 amide bonds. The van der Waals surface area contributed by atoms with Crippen LogP contribution in [0.4, 0.5) is 0 Å². The molecule has 6 rings (SSSR count). The molecule has 7 nitrogen and oxygen atoms in total. The summed E-state index contributed by atoms with van der Waals surface area (Å²) in [6.07, 6.45) is 6.08. The van der Waals surface area contributed by atoms with E-state index in [0.717, 1.165) is 52.8 Å². The maximum Gasteiger partial charge on any atom is 0.251 e. The quantitative estimate of drug-likeness (QED) is 0.140. The second-order valence-corrected chi connectivity index (χ2v) is 15.8. The van der Waals surface area contributed by atoms with E-state index in [4.69, 9.17) is 13.6 Å². The number of hydrogen-bond donors (Lipinski definition) is 0. The lowest BCUT2D eigenvalue weighted by atomic mass is 9.87. The van der Waals surface area contributed by atoms with E-state index < -0.39 is 0 Å². The minimum absolute atomic E-state index is 0.0658. The number of nitrogens with zero attached hydrogens (tertiary/aromatic N) is 4. The van der Waals surface area contributed by atoms with Crippen LogP contribution in [0.5, 0.6) is 5.75 Å². The first-order valence-electron chi connectivity index (χ1n) is 17.5. The third kappa shape index (κ3) is 7.72. The van der Waals surface area contributed by atoms with E-state index in [2.05, 4.69) is 100 Å². The lowest BCUT2D eigenvalue weighted by molar-refractivity contribution is 0.292. The highest BCUT2D eigenvalue weighted by molar-refractivity contribution is 5.70. The van der Waals surface area contributed by atoms with Crippen LogP contribution in [0.15, 0.2) is 75.6 Å². The van der Waals surface area contributed by atoms with Crippen LogP contribution in [0.1, 0.15) is 98.6 Å². The van der Waals surface area contributed by atoms with E-state index in [9.17, 15) is 0 Å².